The van der Waals surface area contributed by atoms with Crippen LogP contribution in [0.3, 0.4) is 0 Å². The summed E-state index contributed by atoms with van der Waals surface area (Å²) in [5, 5.41) is 9.41. The minimum Gasteiger partial charge on any atom is -0.504 e. The number of phenols is 1. The molecule has 0 amide bonds. The van der Waals surface area contributed by atoms with Crippen molar-refractivity contribution in [3.05, 3.63) is 23.3 Å². The van der Waals surface area contributed by atoms with Crippen molar-refractivity contribution in [2.75, 3.05) is 6.61 Å². The second-order valence-electron chi connectivity index (χ2n) is 3.36. The molecule has 6 heteroatoms. The second-order valence-corrected chi connectivity index (χ2v) is 3.36. The molecule has 1 aromatic carbocycles. The first-order valence-corrected chi connectivity index (χ1v) is 4.85. The first-order valence-electron chi connectivity index (χ1n) is 4.85. The van der Waals surface area contributed by atoms with Crippen molar-refractivity contribution in [2.45, 2.75) is 20.0 Å². The van der Waals surface area contributed by atoms with Gasteiger partial charge in [-0.1, -0.05) is 0 Å². The lowest BCUT2D eigenvalue weighted by Crippen LogP contribution is -2.09. The smallest absolute Gasteiger partial charge is 0.420 e. The fraction of sp³-hybridized carbons (Fsp3) is 0.364. The molecule has 0 bridgehead atoms. The van der Waals surface area contributed by atoms with Crippen molar-refractivity contribution < 1.29 is 27.8 Å². The summed E-state index contributed by atoms with van der Waals surface area (Å²) in [5.74, 6) is -1.87. The molecule has 3 nitrogen and oxygen atoms in total. The summed E-state index contributed by atoms with van der Waals surface area (Å²) in [6, 6.07) is 1.70. The number of ether oxygens (including phenoxy) is 1. The zero-order chi connectivity index (χ0) is 13.2. The predicted molar refractivity (Wildman–Crippen MR) is 54.3 cm³/mol. The third-order valence-electron chi connectivity index (χ3n) is 2.09. The maximum Gasteiger partial charge on any atom is 0.420 e. The Hall–Kier alpha value is -1.72. The summed E-state index contributed by atoms with van der Waals surface area (Å²) < 4.78 is 42.6. The van der Waals surface area contributed by atoms with Crippen LogP contribution in [0.4, 0.5) is 13.2 Å². The molecule has 0 aliphatic rings. The van der Waals surface area contributed by atoms with Crippen molar-refractivity contribution >= 4 is 5.78 Å². The topological polar surface area (TPSA) is 46.5 Å². The second kappa shape index (κ2) is 4.65. The highest BCUT2D eigenvalue weighted by atomic mass is 19.4. The molecule has 0 spiro atoms. The van der Waals surface area contributed by atoms with E-state index >= 15 is 0 Å². The molecule has 1 rings (SSSR count). The Morgan fingerprint density at radius 1 is 1.41 bits per heavy atom. The number of hydrogen-bond acceptors (Lipinski definition) is 3. The molecule has 94 valence electrons. The van der Waals surface area contributed by atoms with Gasteiger partial charge in [0, 0.05) is 5.56 Å². The molecule has 1 N–H and O–H groups in total. The van der Waals surface area contributed by atoms with E-state index in [1.807, 2.05) is 0 Å². The van der Waals surface area contributed by atoms with Gasteiger partial charge in [0.1, 0.15) is 5.56 Å². The van der Waals surface area contributed by atoms with E-state index in [-0.39, 0.29) is 17.9 Å². The number of rotatable bonds is 3. The number of ketones is 1. The number of hydrogen-bond donors (Lipinski definition) is 1. The van der Waals surface area contributed by atoms with Gasteiger partial charge in [-0.05, 0) is 26.0 Å². The van der Waals surface area contributed by atoms with Crippen LogP contribution < -0.4 is 4.74 Å². The van der Waals surface area contributed by atoms with Gasteiger partial charge in [0.25, 0.3) is 0 Å². The lowest BCUT2D eigenvalue weighted by atomic mass is 10.1. The van der Waals surface area contributed by atoms with Crippen LogP contribution in [-0.2, 0) is 6.18 Å². The Bertz CT molecular complexity index is 438. The van der Waals surface area contributed by atoms with Crippen molar-refractivity contribution in [2.24, 2.45) is 0 Å². The molecular formula is C11H11F3O3. The number of Topliss-reactive ketones (excluding diaryl/α,β-unsaturated/α-hetero) is 1. The van der Waals surface area contributed by atoms with Gasteiger partial charge >= 0.3 is 6.18 Å². The van der Waals surface area contributed by atoms with Crippen molar-refractivity contribution in [1.29, 1.82) is 0 Å². The van der Waals surface area contributed by atoms with Gasteiger partial charge in [-0.25, -0.2) is 0 Å². The molecule has 0 aliphatic heterocycles. The lowest BCUT2D eigenvalue weighted by Gasteiger charge is -2.14. The van der Waals surface area contributed by atoms with Crippen LogP contribution in [0.1, 0.15) is 29.8 Å². The van der Waals surface area contributed by atoms with E-state index in [0.717, 1.165) is 13.0 Å². The fourth-order valence-corrected chi connectivity index (χ4v) is 1.29. The first-order chi connectivity index (χ1) is 7.77. The van der Waals surface area contributed by atoms with E-state index in [1.54, 1.807) is 6.92 Å². The van der Waals surface area contributed by atoms with Crippen molar-refractivity contribution in [1.82, 2.24) is 0 Å². The Kier molecular flexibility index (Phi) is 3.65. The molecule has 0 heterocycles. The third kappa shape index (κ3) is 2.89. The number of halogens is 3. The number of aromatic hydroxyl groups is 1. The number of carbonyl (C=O) groups is 1. The van der Waals surface area contributed by atoms with Crippen LogP contribution in [-0.4, -0.2) is 17.5 Å². The van der Waals surface area contributed by atoms with Crippen LogP contribution in [0.2, 0.25) is 0 Å². The van der Waals surface area contributed by atoms with E-state index in [1.165, 1.54) is 0 Å². The molecule has 0 radical (unpaired) electrons. The van der Waals surface area contributed by atoms with Gasteiger partial charge in [0.15, 0.2) is 17.3 Å². The molecule has 0 fully saturated rings. The van der Waals surface area contributed by atoms with E-state index in [9.17, 15) is 23.1 Å². The first kappa shape index (κ1) is 13.3. The highest BCUT2D eigenvalue weighted by molar-refractivity contribution is 5.95. The van der Waals surface area contributed by atoms with Gasteiger partial charge in [-0.3, -0.25) is 4.79 Å². The van der Waals surface area contributed by atoms with Crippen LogP contribution in [0, 0.1) is 0 Å². The molecule has 0 unspecified atom stereocenters. The summed E-state index contributed by atoms with van der Waals surface area (Å²) in [5.41, 5.74) is -1.42. The molecule has 1 aromatic rings. The summed E-state index contributed by atoms with van der Waals surface area (Å²) in [7, 11) is 0. The number of alkyl halides is 3. The predicted octanol–water partition coefficient (Wildman–Crippen LogP) is 3.01. The quantitative estimate of drug-likeness (QED) is 0.836. The average Bonchev–Trinajstić information content (AvgIpc) is 2.19. The van der Waals surface area contributed by atoms with E-state index in [2.05, 4.69) is 0 Å². The van der Waals surface area contributed by atoms with Gasteiger partial charge in [0.05, 0.1) is 6.61 Å². The zero-order valence-corrected chi connectivity index (χ0v) is 9.26. The Morgan fingerprint density at radius 3 is 2.41 bits per heavy atom. The molecule has 0 aliphatic carbocycles. The van der Waals surface area contributed by atoms with Gasteiger partial charge in [-0.2, -0.15) is 13.2 Å². The Balaban J connectivity index is 3.43. The van der Waals surface area contributed by atoms with Crippen molar-refractivity contribution in [3.8, 4) is 11.5 Å². The largest absolute Gasteiger partial charge is 0.504 e. The van der Waals surface area contributed by atoms with Crippen LogP contribution in [0.15, 0.2) is 12.1 Å². The number of phenolic OH excluding ortho intramolecular Hbond substituents is 1. The Labute approximate surface area is 95.8 Å². The van der Waals surface area contributed by atoms with Crippen LogP contribution in [0.25, 0.3) is 0 Å². The highest BCUT2D eigenvalue weighted by Gasteiger charge is 2.36. The normalized spacial score (nSPS) is 11.4. The monoisotopic (exact) mass is 248 g/mol. The zero-order valence-electron chi connectivity index (χ0n) is 9.26. The maximum absolute atomic E-state index is 12.6. The van der Waals surface area contributed by atoms with Gasteiger partial charge in [0.2, 0.25) is 0 Å². The van der Waals surface area contributed by atoms with Gasteiger partial charge in [-0.15, -0.1) is 0 Å². The third-order valence-corrected chi connectivity index (χ3v) is 2.09. The summed E-state index contributed by atoms with van der Waals surface area (Å²) in [6.45, 7) is 2.79. The molecule has 0 saturated carbocycles. The summed E-state index contributed by atoms with van der Waals surface area (Å²) in [4.78, 5) is 11.1. The van der Waals surface area contributed by atoms with Crippen LogP contribution >= 0.6 is 0 Å². The SMILES string of the molecule is CCOc1cc(C(C)=O)cc(C(F)(F)F)c1O. The number of carbonyl (C=O) groups excluding carboxylic acids is 1. The summed E-state index contributed by atoms with van der Waals surface area (Å²) in [6.07, 6.45) is -4.73. The van der Waals surface area contributed by atoms with E-state index in [4.69, 9.17) is 4.74 Å². The van der Waals surface area contributed by atoms with Gasteiger partial charge < -0.3 is 9.84 Å². The molecule has 0 aromatic heterocycles. The summed E-state index contributed by atoms with van der Waals surface area (Å²) >= 11 is 0. The lowest BCUT2D eigenvalue weighted by molar-refractivity contribution is -0.138. The van der Waals surface area contributed by atoms with E-state index < -0.39 is 23.3 Å². The number of benzene rings is 1. The highest BCUT2D eigenvalue weighted by Crippen LogP contribution is 2.41. The Morgan fingerprint density at radius 2 is 2.00 bits per heavy atom. The molecule has 0 saturated heterocycles. The average molecular weight is 248 g/mol. The molecular weight excluding hydrogens is 237 g/mol. The molecule has 17 heavy (non-hydrogen) atoms. The maximum atomic E-state index is 12.6. The minimum absolute atomic E-state index is 0.0895. The minimum atomic E-state index is -4.73. The fourth-order valence-electron chi connectivity index (χ4n) is 1.29. The molecule has 0 atom stereocenters. The van der Waals surface area contributed by atoms with Crippen LogP contribution in [0.5, 0.6) is 11.5 Å². The van der Waals surface area contributed by atoms with E-state index in [0.29, 0.717) is 6.07 Å². The standard InChI is InChI=1S/C11H11F3O3/c1-3-17-9-5-7(6(2)15)4-8(10(9)16)11(12,13)14/h4-5,16H,3H2,1-2H3. The van der Waals surface area contributed by atoms with Crippen molar-refractivity contribution in [3.63, 3.8) is 0 Å².